The van der Waals surface area contributed by atoms with Gasteiger partial charge in [0.05, 0.1) is 0 Å². The van der Waals surface area contributed by atoms with E-state index in [1.807, 2.05) is 30.3 Å². The van der Waals surface area contributed by atoms with Crippen LogP contribution in [0.25, 0.3) is 0 Å². The lowest BCUT2D eigenvalue weighted by Gasteiger charge is -2.29. The number of likely N-dealkylation sites (N-methyl/N-ethyl adjacent to an activating group) is 1. The predicted octanol–water partition coefficient (Wildman–Crippen LogP) is 1.89. The molecule has 82 valence electrons. The third-order valence-electron chi connectivity index (χ3n) is 3.17. The topological polar surface area (TPSA) is 32.3 Å². The second-order valence-electron chi connectivity index (χ2n) is 4.34. The van der Waals surface area contributed by atoms with Gasteiger partial charge in [-0.2, -0.15) is 0 Å². The van der Waals surface area contributed by atoms with E-state index in [2.05, 4.69) is 12.2 Å². The molecule has 1 fully saturated rings. The highest BCUT2D eigenvalue weighted by atomic mass is 16.3. The van der Waals surface area contributed by atoms with E-state index < -0.39 is 5.60 Å². The van der Waals surface area contributed by atoms with Gasteiger partial charge in [-0.05, 0) is 30.9 Å². The first-order chi connectivity index (χ1) is 7.27. The Bertz CT molecular complexity index is 308. The Balaban J connectivity index is 2.18. The SMILES string of the molecule is CCNCC(O)(c1ccccc1)C1CC1. The van der Waals surface area contributed by atoms with Gasteiger partial charge < -0.3 is 10.4 Å². The second kappa shape index (κ2) is 4.33. The summed E-state index contributed by atoms with van der Waals surface area (Å²) in [5.41, 5.74) is 0.394. The normalized spacial score (nSPS) is 19.9. The smallest absolute Gasteiger partial charge is 0.105 e. The summed E-state index contributed by atoms with van der Waals surface area (Å²) in [6.07, 6.45) is 2.30. The molecule has 1 aliphatic rings. The molecule has 0 amide bonds. The van der Waals surface area contributed by atoms with Crippen molar-refractivity contribution in [2.45, 2.75) is 25.4 Å². The Hall–Kier alpha value is -0.860. The molecule has 2 heteroatoms. The van der Waals surface area contributed by atoms with Crippen molar-refractivity contribution in [2.75, 3.05) is 13.1 Å². The van der Waals surface area contributed by atoms with Gasteiger partial charge in [0.1, 0.15) is 5.60 Å². The number of nitrogens with one attached hydrogen (secondary N) is 1. The van der Waals surface area contributed by atoms with Crippen LogP contribution in [0.1, 0.15) is 25.3 Å². The van der Waals surface area contributed by atoms with Gasteiger partial charge in [-0.1, -0.05) is 37.3 Å². The fraction of sp³-hybridized carbons (Fsp3) is 0.538. The van der Waals surface area contributed by atoms with Gasteiger partial charge in [-0.25, -0.2) is 0 Å². The van der Waals surface area contributed by atoms with E-state index >= 15 is 0 Å². The average Bonchev–Trinajstić information content (AvgIpc) is 3.11. The average molecular weight is 205 g/mol. The summed E-state index contributed by atoms with van der Waals surface area (Å²) in [5.74, 6) is 0.443. The summed E-state index contributed by atoms with van der Waals surface area (Å²) in [6.45, 7) is 3.64. The molecule has 1 atom stereocenters. The van der Waals surface area contributed by atoms with Gasteiger partial charge in [0, 0.05) is 6.54 Å². The summed E-state index contributed by atoms with van der Waals surface area (Å²) >= 11 is 0. The standard InChI is InChI=1S/C13H19NO/c1-2-14-10-13(15,12-8-9-12)11-6-4-3-5-7-11/h3-7,12,14-15H,2,8-10H2,1H3. The lowest BCUT2D eigenvalue weighted by atomic mass is 9.89. The first kappa shape index (κ1) is 10.7. The molecule has 1 saturated carbocycles. The summed E-state index contributed by atoms with van der Waals surface area (Å²) in [4.78, 5) is 0. The third-order valence-corrected chi connectivity index (χ3v) is 3.17. The summed E-state index contributed by atoms with van der Waals surface area (Å²) in [6, 6.07) is 10.0. The molecular weight excluding hydrogens is 186 g/mol. The monoisotopic (exact) mass is 205 g/mol. The number of benzene rings is 1. The quantitative estimate of drug-likeness (QED) is 0.769. The van der Waals surface area contributed by atoms with Crippen molar-refractivity contribution in [2.24, 2.45) is 5.92 Å². The van der Waals surface area contributed by atoms with Crippen LogP contribution in [0.5, 0.6) is 0 Å². The molecule has 15 heavy (non-hydrogen) atoms. The number of aliphatic hydroxyl groups is 1. The lowest BCUT2D eigenvalue weighted by Crippen LogP contribution is -2.40. The van der Waals surface area contributed by atoms with Crippen LogP contribution in [0, 0.1) is 5.92 Å². The molecule has 1 aromatic carbocycles. The van der Waals surface area contributed by atoms with E-state index in [0.29, 0.717) is 12.5 Å². The fourth-order valence-corrected chi connectivity index (χ4v) is 2.09. The molecule has 0 heterocycles. The molecule has 1 aliphatic carbocycles. The van der Waals surface area contributed by atoms with Crippen molar-refractivity contribution >= 4 is 0 Å². The first-order valence-electron chi connectivity index (χ1n) is 5.76. The summed E-state index contributed by atoms with van der Waals surface area (Å²) in [5, 5.41) is 13.9. The highest BCUT2D eigenvalue weighted by Crippen LogP contribution is 2.45. The summed E-state index contributed by atoms with van der Waals surface area (Å²) < 4.78 is 0. The van der Waals surface area contributed by atoms with Crippen molar-refractivity contribution in [3.63, 3.8) is 0 Å². The largest absolute Gasteiger partial charge is 0.384 e. The van der Waals surface area contributed by atoms with Gasteiger partial charge in [0.15, 0.2) is 0 Å². The van der Waals surface area contributed by atoms with E-state index in [-0.39, 0.29) is 0 Å². The van der Waals surface area contributed by atoms with Crippen molar-refractivity contribution in [3.8, 4) is 0 Å². The minimum Gasteiger partial charge on any atom is -0.384 e. The van der Waals surface area contributed by atoms with Crippen LogP contribution in [0.2, 0.25) is 0 Å². The molecule has 2 rings (SSSR count). The van der Waals surface area contributed by atoms with E-state index in [4.69, 9.17) is 0 Å². The van der Waals surface area contributed by atoms with Crippen molar-refractivity contribution < 1.29 is 5.11 Å². The van der Waals surface area contributed by atoms with Gasteiger partial charge >= 0.3 is 0 Å². The Labute approximate surface area is 91.3 Å². The van der Waals surface area contributed by atoms with E-state index in [1.54, 1.807) is 0 Å². The minimum absolute atomic E-state index is 0.443. The Kier molecular flexibility index (Phi) is 3.08. The van der Waals surface area contributed by atoms with Gasteiger partial charge in [0.2, 0.25) is 0 Å². The maximum Gasteiger partial charge on any atom is 0.105 e. The predicted molar refractivity (Wildman–Crippen MR) is 61.6 cm³/mol. The maximum absolute atomic E-state index is 10.7. The second-order valence-corrected chi connectivity index (χ2v) is 4.34. The third kappa shape index (κ3) is 2.21. The van der Waals surface area contributed by atoms with E-state index in [1.165, 1.54) is 0 Å². The van der Waals surface area contributed by atoms with Gasteiger partial charge in [-0.3, -0.25) is 0 Å². The van der Waals surface area contributed by atoms with Crippen LogP contribution < -0.4 is 5.32 Å². The van der Waals surface area contributed by atoms with Crippen LogP contribution >= 0.6 is 0 Å². The highest BCUT2D eigenvalue weighted by molar-refractivity contribution is 5.25. The molecule has 0 aliphatic heterocycles. The Morgan fingerprint density at radius 1 is 1.33 bits per heavy atom. The zero-order valence-corrected chi connectivity index (χ0v) is 9.24. The maximum atomic E-state index is 10.7. The molecule has 1 aromatic rings. The number of hydrogen-bond acceptors (Lipinski definition) is 2. The Morgan fingerprint density at radius 3 is 2.53 bits per heavy atom. The van der Waals surface area contributed by atoms with Crippen LogP contribution in [-0.4, -0.2) is 18.2 Å². The molecule has 0 aromatic heterocycles. The van der Waals surface area contributed by atoms with Crippen LogP contribution in [0.4, 0.5) is 0 Å². The zero-order chi connectivity index (χ0) is 10.7. The molecule has 0 saturated heterocycles. The number of hydrogen-bond donors (Lipinski definition) is 2. The highest BCUT2D eigenvalue weighted by Gasteiger charge is 2.44. The van der Waals surface area contributed by atoms with Crippen molar-refractivity contribution in [1.82, 2.24) is 5.32 Å². The van der Waals surface area contributed by atoms with Crippen LogP contribution in [0.3, 0.4) is 0 Å². The van der Waals surface area contributed by atoms with E-state index in [9.17, 15) is 5.11 Å². The molecule has 0 spiro atoms. The first-order valence-corrected chi connectivity index (χ1v) is 5.76. The van der Waals surface area contributed by atoms with Crippen molar-refractivity contribution in [1.29, 1.82) is 0 Å². The van der Waals surface area contributed by atoms with Gasteiger partial charge in [-0.15, -0.1) is 0 Å². The fourth-order valence-electron chi connectivity index (χ4n) is 2.09. The molecule has 2 nitrogen and oxygen atoms in total. The number of rotatable bonds is 5. The minimum atomic E-state index is -0.655. The van der Waals surface area contributed by atoms with Crippen LogP contribution in [0.15, 0.2) is 30.3 Å². The molecule has 0 bridgehead atoms. The van der Waals surface area contributed by atoms with Gasteiger partial charge in [0.25, 0.3) is 0 Å². The molecular formula is C13H19NO. The zero-order valence-electron chi connectivity index (χ0n) is 9.24. The lowest BCUT2D eigenvalue weighted by molar-refractivity contribution is 0.0140. The van der Waals surface area contributed by atoms with Crippen molar-refractivity contribution in [3.05, 3.63) is 35.9 Å². The van der Waals surface area contributed by atoms with E-state index in [0.717, 1.165) is 24.9 Å². The Morgan fingerprint density at radius 2 is 2.00 bits per heavy atom. The molecule has 0 radical (unpaired) electrons. The summed E-state index contributed by atoms with van der Waals surface area (Å²) in [7, 11) is 0. The molecule has 1 unspecified atom stereocenters. The van der Waals surface area contributed by atoms with Crippen LogP contribution in [-0.2, 0) is 5.60 Å². The molecule has 2 N–H and O–H groups in total.